The number of nitrogens with one attached hydrogen (secondary N) is 2. The first-order valence-corrected chi connectivity index (χ1v) is 5.29. The normalized spacial score (nSPS) is 25.6. The monoisotopic (exact) mass is 211 g/mol. The van der Waals surface area contributed by atoms with E-state index in [-0.39, 0.29) is 31.1 Å². The molecule has 1 rings (SSSR count). The average molecular weight is 211 g/mol. The van der Waals surface area contributed by atoms with Gasteiger partial charge in [-0.1, -0.05) is 12.8 Å². The lowest BCUT2D eigenvalue weighted by molar-refractivity contribution is -0.120. The van der Waals surface area contributed by atoms with E-state index in [0.717, 1.165) is 25.7 Å². The number of carbonyl (C=O) groups is 1. The molecule has 0 heterocycles. The van der Waals surface area contributed by atoms with Crippen LogP contribution < -0.4 is 10.6 Å². The Balaban J connectivity index is 2.18. The Morgan fingerprint density at radius 3 is 2.87 bits per heavy atom. The summed E-state index contributed by atoms with van der Waals surface area (Å²) in [5, 5.41) is 23.3. The molecule has 5 heteroatoms. The van der Waals surface area contributed by atoms with Crippen molar-refractivity contribution < 1.29 is 9.90 Å². The van der Waals surface area contributed by atoms with Gasteiger partial charge in [0.2, 0.25) is 5.91 Å². The third-order valence-electron chi connectivity index (χ3n) is 2.62. The fraction of sp³-hybridized carbons (Fsp3) is 0.800. The largest absolute Gasteiger partial charge is 0.392 e. The lowest BCUT2D eigenvalue weighted by Gasteiger charge is -2.28. The van der Waals surface area contributed by atoms with Gasteiger partial charge < -0.3 is 15.7 Å². The Morgan fingerprint density at radius 1 is 1.47 bits per heavy atom. The highest BCUT2D eigenvalue weighted by Gasteiger charge is 2.22. The Kier molecular flexibility index (Phi) is 5.08. The van der Waals surface area contributed by atoms with Gasteiger partial charge >= 0.3 is 0 Å². The Hall–Kier alpha value is -1.12. The first kappa shape index (κ1) is 12.0. The molecule has 2 unspecified atom stereocenters. The van der Waals surface area contributed by atoms with Crippen molar-refractivity contribution in [3.63, 3.8) is 0 Å². The molecule has 0 saturated heterocycles. The number of carbonyl (C=O) groups excluding carboxylic acids is 1. The van der Waals surface area contributed by atoms with Crippen LogP contribution in [0.5, 0.6) is 0 Å². The summed E-state index contributed by atoms with van der Waals surface area (Å²) >= 11 is 0. The van der Waals surface area contributed by atoms with Crippen LogP contribution in [0.2, 0.25) is 0 Å². The molecule has 84 valence electrons. The van der Waals surface area contributed by atoms with Crippen LogP contribution in [0.15, 0.2) is 0 Å². The molecule has 0 aliphatic heterocycles. The minimum Gasteiger partial charge on any atom is -0.392 e. The molecule has 0 radical (unpaired) electrons. The van der Waals surface area contributed by atoms with Crippen molar-refractivity contribution in [1.82, 2.24) is 10.6 Å². The molecule has 0 spiro atoms. The lowest BCUT2D eigenvalue weighted by atomic mass is 9.93. The molecule has 5 nitrogen and oxygen atoms in total. The summed E-state index contributed by atoms with van der Waals surface area (Å²) in [6.45, 7) is 0.205. The van der Waals surface area contributed by atoms with Gasteiger partial charge in [-0.05, 0) is 12.8 Å². The van der Waals surface area contributed by atoms with E-state index in [1.54, 1.807) is 0 Å². The number of rotatable bonds is 4. The SMILES string of the molecule is N#CCNC(=O)CNC1CCCCC1O. The summed E-state index contributed by atoms with van der Waals surface area (Å²) in [4.78, 5) is 11.1. The standard InChI is InChI=1S/C10H17N3O2/c11-5-6-12-10(15)7-13-8-3-1-2-4-9(8)14/h8-9,13-14H,1-4,6-7H2,(H,12,15). The highest BCUT2D eigenvalue weighted by molar-refractivity contribution is 5.78. The van der Waals surface area contributed by atoms with E-state index in [9.17, 15) is 9.90 Å². The van der Waals surface area contributed by atoms with Crippen LogP contribution in [-0.2, 0) is 4.79 Å². The average Bonchev–Trinajstić information content (AvgIpc) is 2.25. The number of hydrogen-bond donors (Lipinski definition) is 3. The molecule has 1 saturated carbocycles. The molecule has 1 aliphatic carbocycles. The molecule has 2 atom stereocenters. The lowest BCUT2D eigenvalue weighted by Crippen LogP contribution is -2.46. The second-order valence-corrected chi connectivity index (χ2v) is 3.77. The maximum Gasteiger partial charge on any atom is 0.234 e. The zero-order valence-corrected chi connectivity index (χ0v) is 8.70. The smallest absolute Gasteiger partial charge is 0.234 e. The number of nitriles is 1. The van der Waals surface area contributed by atoms with Crippen molar-refractivity contribution >= 4 is 5.91 Å². The van der Waals surface area contributed by atoms with Crippen molar-refractivity contribution in [2.45, 2.75) is 37.8 Å². The molecular formula is C10H17N3O2. The molecule has 3 N–H and O–H groups in total. The summed E-state index contributed by atoms with van der Waals surface area (Å²) in [7, 11) is 0. The van der Waals surface area contributed by atoms with E-state index in [0.29, 0.717) is 0 Å². The number of amides is 1. The third-order valence-corrected chi connectivity index (χ3v) is 2.62. The quantitative estimate of drug-likeness (QED) is 0.548. The number of hydrogen-bond acceptors (Lipinski definition) is 4. The minimum absolute atomic E-state index is 0.0200. The van der Waals surface area contributed by atoms with Crippen LogP contribution in [0.3, 0.4) is 0 Å². The van der Waals surface area contributed by atoms with E-state index >= 15 is 0 Å². The zero-order valence-electron chi connectivity index (χ0n) is 8.70. The van der Waals surface area contributed by atoms with Crippen LogP contribution in [0, 0.1) is 11.3 Å². The van der Waals surface area contributed by atoms with Crippen molar-refractivity contribution in [3.05, 3.63) is 0 Å². The first-order valence-electron chi connectivity index (χ1n) is 5.29. The van der Waals surface area contributed by atoms with Gasteiger partial charge in [-0.25, -0.2) is 0 Å². The van der Waals surface area contributed by atoms with Crippen LogP contribution in [-0.4, -0.2) is 36.2 Å². The van der Waals surface area contributed by atoms with Crippen LogP contribution in [0.1, 0.15) is 25.7 Å². The van der Waals surface area contributed by atoms with Gasteiger partial charge in [-0.3, -0.25) is 4.79 Å². The second-order valence-electron chi connectivity index (χ2n) is 3.77. The molecule has 0 aromatic heterocycles. The fourth-order valence-corrected chi connectivity index (χ4v) is 1.77. The van der Waals surface area contributed by atoms with E-state index < -0.39 is 0 Å². The predicted molar refractivity (Wildman–Crippen MR) is 54.9 cm³/mol. The second kappa shape index (κ2) is 6.38. The van der Waals surface area contributed by atoms with Gasteiger partial charge in [0, 0.05) is 6.04 Å². The van der Waals surface area contributed by atoms with Crippen molar-refractivity contribution in [3.8, 4) is 6.07 Å². The summed E-state index contributed by atoms with van der Waals surface area (Å²) < 4.78 is 0. The topological polar surface area (TPSA) is 85.2 Å². The Labute approximate surface area is 89.5 Å². The summed E-state index contributed by atoms with van der Waals surface area (Å²) in [6, 6.07) is 1.86. The van der Waals surface area contributed by atoms with Crippen molar-refractivity contribution in [1.29, 1.82) is 5.26 Å². The highest BCUT2D eigenvalue weighted by Crippen LogP contribution is 2.17. The van der Waals surface area contributed by atoms with Gasteiger partial charge in [0.1, 0.15) is 6.54 Å². The molecule has 1 fully saturated rings. The molecule has 15 heavy (non-hydrogen) atoms. The van der Waals surface area contributed by atoms with Crippen LogP contribution in [0.25, 0.3) is 0 Å². The Morgan fingerprint density at radius 2 is 2.20 bits per heavy atom. The van der Waals surface area contributed by atoms with Crippen molar-refractivity contribution in [2.75, 3.05) is 13.1 Å². The van der Waals surface area contributed by atoms with Crippen LogP contribution >= 0.6 is 0 Å². The van der Waals surface area contributed by atoms with E-state index in [1.165, 1.54) is 0 Å². The summed E-state index contributed by atoms with van der Waals surface area (Å²) in [5.74, 6) is -0.200. The molecule has 0 aromatic carbocycles. The van der Waals surface area contributed by atoms with E-state index in [2.05, 4.69) is 10.6 Å². The number of aliphatic hydroxyl groups is 1. The maximum atomic E-state index is 11.1. The summed E-state index contributed by atoms with van der Waals surface area (Å²) in [5.41, 5.74) is 0. The van der Waals surface area contributed by atoms with Gasteiger partial charge in [0.15, 0.2) is 0 Å². The Bertz CT molecular complexity index is 250. The predicted octanol–water partition coefficient (Wildman–Crippen LogP) is -0.481. The molecular weight excluding hydrogens is 194 g/mol. The van der Waals surface area contributed by atoms with E-state index in [1.807, 2.05) is 6.07 Å². The highest BCUT2D eigenvalue weighted by atomic mass is 16.3. The summed E-state index contributed by atoms with van der Waals surface area (Å²) in [6.07, 6.45) is 3.51. The zero-order chi connectivity index (χ0) is 11.1. The molecule has 0 bridgehead atoms. The minimum atomic E-state index is -0.345. The van der Waals surface area contributed by atoms with Gasteiger partial charge in [0.25, 0.3) is 0 Å². The number of nitrogens with zero attached hydrogens (tertiary/aromatic N) is 1. The molecule has 1 aliphatic rings. The number of aliphatic hydroxyl groups excluding tert-OH is 1. The molecule has 1 amide bonds. The third kappa shape index (κ3) is 4.28. The molecule has 0 aromatic rings. The van der Waals surface area contributed by atoms with Crippen LogP contribution in [0.4, 0.5) is 0 Å². The van der Waals surface area contributed by atoms with Gasteiger partial charge in [-0.15, -0.1) is 0 Å². The first-order chi connectivity index (χ1) is 7.24. The van der Waals surface area contributed by atoms with E-state index in [4.69, 9.17) is 5.26 Å². The van der Waals surface area contributed by atoms with Crippen molar-refractivity contribution in [2.24, 2.45) is 0 Å². The fourth-order valence-electron chi connectivity index (χ4n) is 1.77. The van der Waals surface area contributed by atoms with Gasteiger partial charge in [0.05, 0.1) is 18.7 Å². The van der Waals surface area contributed by atoms with Gasteiger partial charge in [-0.2, -0.15) is 5.26 Å². The maximum absolute atomic E-state index is 11.1.